The van der Waals surface area contributed by atoms with Gasteiger partial charge in [0.25, 0.3) is 0 Å². The van der Waals surface area contributed by atoms with Gasteiger partial charge in [0.2, 0.25) is 5.69 Å². The second-order valence-electron chi connectivity index (χ2n) is 10.4. The second-order valence-corrected chi connectivity index (χ2v) is 10.4. The molecule has 200 valence electrons. The molecule has 8 aromatic rings. The highest BCUT2D eigenvalue weighted by atomic mass is 16.3. The minimum atomic E-state index is 0.304. The molecule has 2 aromatic heterocycles. The van der Waals surface area contributed by atoms with Crippen LogP contribution in [0, 0.1) is 17.9 Å². The first-order valence-corrected chi connectivity index (χ1v) is 14.0. The van der Waals surface area contributed by atoms with Crippen LogP contribution < -0.4 is 4.90 Å². The molecule has 0 spiro atoms. The molecule has 0 radical (unpaired) electrons. The summed E-state index contributed by atoms with van der Waals surface area (Å²) in [6.07, 6.45) is 0. The molecule has 8 rings (SSSR count). The number of anilines is 3. The van der Waals surface area contributed by atoms with E-state index in [1.165, 1.54) is 0 Å². The maximum absolute atomic E-state index is 10.1. The van der Waals surface area contributed by atoms with Crippen LogP contribution in [0.15, 0.2) is 138 Å². The van der Waals surface area contributed by atoms with Gasteiger partial charge in [-0.05, 0) is 60.7 Å². The molecule has 0 N–H and O–H groups in total. The largest absolute Gasteiger partial charge is 0.455 e. The fourth-order valence-electron chi connectivity index (χ4n) is 6.18. The molecule has 2 heterocycles. The molecular weight excluding hydrogens is 528 g/mol. The van der Waals surface area contributed by atoms with Crippen LogP contribution in [0.3, 0.4) is 0 Å². The van der Waals surface area contributed by atoms with E-state index in [0.717, 1.165) is 66.5 Å². The van der Waals surface area contributed by atoms with Crippen LogP contribution in [-0.4, -0.2) is 4.57 Å². The summed E-state index contributed by atoms with van der Waals surface area (Å²) < 4.78 is 8.70. The van der Waals surface area contributed by atoms with Crippen LogP contribution in [0.5, 0.6) is 0 Å². The summed E-state index contributed by atoms with van der Waals surface area (Å²) in [6.45, 7) is 7.95. The highest BCUT2D eigenvalue weighted by Crippen LogP contribution is 2.46. The number of para-hydroxylation sites is 4. The van der Waals surface area contributed by atoms with Crippen molar-refractivity contribution < 1.29 is 4.42 Å². The smallest absolute Gasteiger partial charge is 0.206 e. The Morgan fingerprint density at radius 3 is 2.02 bits per heavy atom. The van der Waals surface area contributed by atoms with Crippen molar-refractivity contribution in [3.8, 4) is 11.8 Å². The minimum Gasteiger partial charge on any atom is -0.455 e. The Balaban J connectivity index is 1.53. The molecule has 43 heavy (non-hydrogen) atoms. The van der Waals surface area contributed by atoms with Gasteiger partial charge in [-0.25, -0.2) is 4.85 Å². The third-order valence-electron chi connectivity index (χ3n) is 8.02. The lowest BCUT2D eigenvalue weighted by Gasteiger charge is -2.29. The number of furan rings is 1. The van der Waals surface area contributed by atoms with E-state index in [-0.39, 0.29) is 0 Å². The van der Waals surface area contributed by atoms with Crippen LogP contribution >= 0.6 is 0 Å². The molecule has 5 nitrogen and oxygen atoms in total. The Hall–Kier alpha value is -6.30. The number of fused-ring (bicyclic) bond motifs is 7. The quantitative estimate of drug-likeness (QED) is 0.205. The van der Waals surface area contributed by atoms with E-state index in [1.54, 1.807) is 0 Å². The number of nitrogens with zero attached hydrogens (tertiary/aromatic N) is 4. The Labute approximate surface area is 247 Å². The van der Waals surface area contributed by atoms with Gasteiger partial charge < -0.3 is 13.9 Å². The number of hydrogen-bond donors (Lipinski definition) is 0. The zero-order valence-corrected chi connectivity index (χ0v) is 22.9. The van der Waals surface area contributed by atoms with Gasteiger partial charge in [0.1, 0.15) is 11.2 Å². The van der Waals surface area contributed by atoms with Crippen molar-refractivity contribution in [1.29, 1.82) is 5.26 Å². The van der Waals surface area contributed by atoms with E-state index >= 15 is 0 Å². The van der Waals surface area contributed by atoms with Crippen molar-refractivity contribution in [1.82, 2.24) is 4.57 Å². The Bertz CT molecular complexity index is 2380. The van der Waals surface area contributed by atoms with Crippen molar-refractivity contribution in [2.45, 2.75) is 0 Å². The second kappa shape index (κ2) is 9.66. The van der Waals surface area contributed by atoms with Crippen molar-refractivity contribution in [3.05, 3.63) is 150 Å². The Morgan fingerprint density at radius 2 is 1.33 bits per heavy atom. The fraction of sp³-hybridized carbons (Fsp3) is 0. The van der Waals surface area contributed by atoms with Crippen LogP contribution in [0.4, 0.5) is 22.7 Å². The third-order valence-corrected chi connectivity index (χ3v) is 8.02. The van der Waals surface area contributed by atoms with Gasteiger partial charge >= 0.3 is 0 Å². The van der Waals surface area contributed by atoms with E-state index in [0.29, 0.717) is 11.3 Å². The van der Waals surface area contributed by atoms with E-state index in [1.807, 2.05) is 78.9 Å². The minimum absolute atomic E-state index is 0.304. The normalized spacial score (nSPS) is 11.2. The first-order valence-electron chi connectivity index (χ1n) is 14.0. The van der Waals surface area contributed by atoms with Gasteiger partial charge in [-0.3, -0.25) is 0 Å². The van der Waals surface area contributed by atoms with Gasteiger partial charge in [-0.2, -0.15) is 5.26 Å². The Kier molecular flexibility index (Phi) is 5.50. The van der Waals surface area contributed by atoms with Crippen molar-refractivity contribution >= 4 is 66.5 Å². The highest BCUT2D eigenvalue weighted by molar-refractivity contribution is 6.24. The zero-order valence-electron chi connectivity index (χ0n) is 22.9. The van der Waals surface area contributed by atoms with Crippen LogP contribution in [0.25, 0.3) is 54.3 Å². The number of nitriles is 1. The molecule has 0 aliphatic rings. The molecule has 0 saturated carbocycles. The van der Waals surface area contributed by atoms with E-state index in [9.17, 15) is 5.26 Å². The average Bonchev–Trinajstić information content (AvgIpc) is 3.61. The molecular formula is C38H22N4O. The molecule has 5 heteroatoms. The van der Waals surface area contributed by atoms with Gasteiger partial charge in [0, 0.05) is 27.5 Å². The monoisotopic (exact) mass is 550 g/mol. The number of hydrogen-bond acceptors (Lipinski definition) is 3. The topological polar surface area (TPSA) is 49.5 Å². The zero-order chi connectivity index (χ0) is 28.9. The summed E-state index contributed by atoms with van der Waals surface area (Å²) in [7, 11) is 0. The first kappa shape index (κ1) is 24.5. The first-order chi connectivity index (χ1) is 21.3. The maximum Gasteiger partial charge on any atom is 0.206 e. The van der Waals surface area contributed by atoms with Crippen molar-refractivity contribution in [2.24, 2.45) is 0 Å². The number of aromatic nitrogens is 1. The summed E-state index contributed by atoms with van der Waals surface area (Å²) >= 11 is 0. The maximum atomic E-state index is 10.1. The van der Waals surface area contributed by atoms with Crippen LogP contribution in [0.1, 0.15) is 5.56 Å². The molecule has 0 amide bonds. The number of benzene rings is 6. The Morgan fingerprint density at radius 1 is 0.674 bits per heavy atom. The fourth-order valence-corrected chi connectivity index (χ4v) is 6.18. The van der Waals surface area contributed by atoms with Crippen molar-refractivity contribution in [3.63, 3.8) is 0 Å². The molecule has 6 aromatic carbocycles. The summed E-state index contributed by atoms with van der Waals surface area (Å²) in [5.74, 6) is 0. The van der Waals surface area contributed by atoms with Crippen molar-refractivity contribution in [2.75, 3.05) is 4.90 Å². The molecule has 0 saturated heterocycles. The lowest BCUT2D eigenvalue weighted by atomic mass is 10.1. The van der Waals surface area contributed by atoms with Crippen LogP contribution in [0.2, 0.25) is 0 Å². The highest BCUT2D eigenvalue weighted by Gasteiger charge is 2.24. The lowest BCUT2D eigenvalue weighted by molar-refractivity contribution is 0.673. The van der Waals surface area contributed by atoms with E-state index in [4.69, 9.17) is 11.0 Å². The third kappa shape index (κ3) is 3.70. The van der Waals surface area contributed by atoms with Crippen LogP contribution in [-0.2, 0) is 0 Å². The predicted molar refractivity (Wildman–Crippen MR) is 174 cm³/mol. The van der Waals surface area contributed by atoms with E-state index < -0.39 is 0 Å². The number of rotatable bonds is 4. The SMILES string of the molecule is [C-]#[N+]c1cc(-n2c3ccccc3c3c4oc5ccccc5c4ccc32)c(N(c2ccccc2)c2ccccc2)cc1C#N. The lowest BCUT2D eigenvalue weighted by Crippen LogP contribution is -2.13. The average molecular weight is 551 g/mol. The summed E-state index contributed by atoms with van der Waals surface area (Å²) in [5, 5.41) is 14.3. The standard InChI is InChI=1S/C38H22N4O/c1-40-31-23-35(34(22-25(31)24-39)41(26-12-4-2-5-13-26)27-14-6-3-7-15-27)42-32-18-10-8-17-30(32)37-33(42)21-20-29-28-16-9-11-19-36(28)43-38(29)37/h2-23H. The molecule has 0 aliphatic heterocycles. The molecule has 0 fully saturated rings. The molecule has 0 aliphatic carbocycles. The molecule has 0 bridgehead atoms. The predicted octanol–water partition coefficient (Wildman–Crippen LogP) is 10.6. The summed E-state index contributed by atoms with van der Waals surface area (Å²) in [4.78, 5) is 5.92. The van der Waals surface area contributed by atoms with Gasteiger partial charge in [0.05, 0.1) is 46.0 Å². The van der Waals surface area contributed by atoms with E-state index in [2.05, 4.69) is 75.0 Å². The van der Waals surface area contributed by atoms with Gasteiger partial charge in [0.15, 0.2) is 0 Å². The van der Waals surface area contributed by atoms with Gasteiger partial charge in [-0.15, -0.1) is 0 Å². The van der Waals surface area contributed by atoms with Gasteiger partial charge in [-0.1, -0.05) is 72.8 Å². The summed E-state index contributed by atoms with van der Waals surface area (Å²) in [6, 6.07) is 46.8. The molecule has 0 atom stereocenters. The summed E-state index contributed by atoms with van der Waals surface area (Å²) in [5.41, 5.74) is 7.69. The molecule has 0 unspecified atom stereocenters.